The van der Waals surface area contributed by atoms with E-state index in [0.29, 0.717) is 30.5 Å². The fourth-order valence-corrected chi connectivity index (χ4v) is 3.06. The smallest absolute Gasteiger partial charge is 0.304 e. The van der Waals surface area contributed by atoms with Gasteiger partial charge in [-0.3, -0.25) is 9.69 Å². The molecule has 2 aromatic carbocycles. The number of rotatable bonds is 6. The van der Waals surface area contributed by atoms with E-state index in [2.05, 4.69) is 4.90 Å². The highest BCUT2D eigenvalue weighted by atomic mass is 35.5. The predicted octanol–water partition coefficient (Wildman–Crippen LogP) is 4.29. The molecule has 3 rings (SSSR count). The van der Waals surface area contributed by atoms with E-state index in [0.717, 1.165) is 23.4 Å². The average Bonchev–Trinajstić information content (AvgIpc) is 2.64. The second-order valence-electron chi connectivity index (χ2n) is 6.39. The summed E-state index contributed by atoms with van der Waals surface area (Å²) in [4.78, 5) is 12.9. The highest BCUT2D eigenvalue weighted by molar-refractivity contribution is 6.31. The lowest BCUT2D eigenvalue weighted by atomic mass is 10.1. The number of nitrogens with zero attached hydrogens (tertiary/aromatic N) is 1. The predicted molar refractivity (Wildman–Crippen MR) is 100 cm³/mol. The van der Waals surface area contributed by atoms with Gasteiger partial charge in [-0.15, -0.1) is 0 Å². The van der Waals surface area contributed by atoms with Crippen LogP contribution < -0.4 is 4.74 Å². The van der Waals surface area contributed by atoms with Gasteiger partial charge < -0.3 is 14.6 Å². The Labute approximate surface area is 158 Å². The van der Waals surface area contributed by atoms with Crippen LogP contribution in [0, 0.1) is 6.92 Å². The number of ether oxygens (including phenoxy) is 2. The van der Waals surface area contributed by atoms with Crippen LogP contribution in [0.1, 0.15) is 23.7 Å². The molecule has 6 heteroatoms. The zero-order chi connectivity index (χ0) is 18.5. The first-order valence-corrected chi connectivity index (χ1v) is 8.99. The van der Waals surface area contributed by atoms with E-state index in [9.17, 15) is 4.79 Å². The summed E-state index contributed by atoms with van der Waals surface area (Å²) in [5.74, 6) is 0.653. The maximum atomic E-state index is 10.7. The Morgan fingerprint density at radius 2 is 2.00 bits per heavy atom. The van der Waals surface area contributed by atoms with Crippen LogP contribution in [0.4, 0.5) is 0 Å². The molecule has 5 nitrogen and oxygen atoms in total. The van der Waals surface area contributed by atoms with Crippen LogP contribution in [-0.2, 0) is 9.53 Å². The second-order valence-corrected chi connectivity index (χ2v) is 6.79. The zero-order valence-electron chi connectivity index (χ0n) is 14.7. The van der Waals surface area contributed by atoms with Crippen molar-refractivity contribution in [3.63, 3.8) is 0 Å². The summed E-state index contributed by atoms with van der Waals surface area (Å²) in [5, 5.41) is 9.51. The summed E-state index contributed by atoms with van der Waals surface area (Å²) in [6, 6.07) is 13.4. The Morgan fingerprint density at radius 1 is 1.27 bits per heavy atom. The van der Waals surface area contributed by atoms with Crippen molar-refractivity contribution in [2.24, 2.45) is 0 Å². The molecule has 0 amide bonds. The molecule has 1 aliphatic rings. The van der Waals surface area contributed by atoms with E-state index in [1.165, 1.54) is 0 Å². The normalized spacial score (nSPS) is 17.8. The summed E-state index contributed by atoms with van der Waals surface area (Å²) >= 11 is 6.13. The van der Waals surface area contributed by atoms with Gasteiger partial charge in [0.2, 0.25) is 0 Å². The molecule has 138 valence electrons. The van der Waals surface area contributed by atoms with Crippen LogP contribution in [-0.4, -0.2) is 42.2 Å². The molecule has 0 radical (unpaired) electrons. The summed E-state index contributed by atoms with van der Waals surface area (Å²) in [6.45, 7) is 4.56. The Bertz CT molecular complexity index is 763. The Morgan fingerprint density at radius 3 is 2.69 bits per heavy atom. The number of carboxylic acids is 1. The number of hydrogen-bond acceptors (Lipinski definition) is 4. The molecule has 1 unspecified atom stereocenters. The monoisotopic (exact) mass is 375 g/mol. The quantitative estimate of drug-likeness (QED) is 0.816. The Balaban J connectivity index is 1.61. The lowest BCUT2D eigenvalue weighted by Crippen LogP contribution is -2.39. The van der Waals surface area contributed by atoms with Crippen LogP contribution in [0.2, 0.25) is 5.02 Å². The van der Waals surface area contributed by atoms with E-state index in [4.69, 9.17) is 26.2 Å². The maximum absolute atomic E-state index is 10.7. The highest BCUT2D eigenvalue weighted by Crippen LogP contribution is 2.29. The molecule has 0 bridgehead atoms. The van der Waals surface area contributed by atoms with Gasteiger partial charge in [0.1, 0.15) is 11.5 Å². The SMILES string of the molecule is Cc1ccc(Oc2ccc(C3CN(CCC(=O)O)CCO3)cc2)cc1Cl. The molecule has 1 atom stereocenters. The van der Waals surface area contributed by atoms with Gasteiger partial charge in [-0.1, -0.05) is 29.8 Å². The molecular formula is C20H22ClNO4. The number of aliphatic carboxylic acids is 1. The molecule has 1 fully saturated rings. The molecular weight excluding hydrogens is 354 g/mol. The molecule has 0 spiro atoms. The van der Waals surface area contributed by atoms with E-state index in [1.54, 1.807) is 6.07 Å². The van der Waals surface area contributed by atoms with Crippen molar-refractivity contribution in [3.05, 3.63) is 58.6 Å². The Hall–Kier alpha value is -2.08. The molecule has 1 saturated heterocycles. The van der Waals surface area contributed by atoms with Gasteiger partial charge >= 0.3 is 5.97 Å². The maximum Gasteiger partial charge on any atom is 0.304 e. The summed E-state index contributed by atoms with van der Waals surface area (Å²) < 4.78 is 11.7. The molecule has 0 saturated carbocycles. The molecule has 1 heterocycles. The van der Waals surface area contributed by atoms with Crippen molar-refractivity contribution in [1.82, 2.24) is 4.90 Å². The molecule has 1 aliphatic heterocycles. The first kappa shape index (κ1) is 18.7. The zero-order valence-corrected chi connectivity index (χ0v) is 15.4. The topological polar surface area (TPSA) is 59.0 Å². The van der Waals surface area contributed by atoms with Crippen molar-refractivity contribution in [3.8, 4) is 11.5 Å². The minimum absolute atomic E-state index is 0.0552. The third kappa shape index (κ3) is 4.97. The number of morpholine rings is 1. The Kier molecular flexibility index (Phi) is 6.14. The van der Waals surface area contributed by atoms with E-state index in [1.807, 2.05) is 43.3 Å². The van der Waals surface area contributed by atoms with Crippen molar-refractivity contribution in [1.29, 1.82) is 0 Å². The van der Waals surface area contributed by atoms with Gasteiger partial charge in [0.15, 0.2) is 0 Å². The third-order valence-corrected chi connectivity index (χ3v) is 4.83. The van der Waals surface area contributed by atoms with E-state index in [-0.39, 0.29) is 12.5 Å². The summed E-state index contributed by atoms with van der Waals surface area (Å²) in [7, 11) is 0. The summed E-state index contributed by atoms with van der Waals surface area (Å²) in [5.41, 5.74) is 2.07. The number of halogens is 1. The van der Waals surface area contributed by atoms with Crippen molar-refractivity contribution in [2.45, 2.75) is 19.4 Å². The number of hydrogen-bond donors (Lipinski definition) is 1. The van der Waals surface area contributed by atoms with Gasteiger partial charge in [0.05, 0.1) is 19.1 Å². The standard InChI is InChI=1S/C20H22ClNO4/c1-14-2-5-17(12-18(14)21)26-16-6-3-15(4-7-16)19-13-22(10-11-25-19)9-8-20(23)24/h2-7,12,19H,8-11,13H2,1H3,(H,23,24). The number of aryl methyl sites for hydroxylation is 1. The van der Waals surface area contributed by atoms with Crippen LogP contribution in [0.5, 0.6) is 11.5 Å². The number of carbonyl (C=O) groups is 1. The first-order valence-electron chi connectivity index (χ1n) is 8.61. The third-order valence-electron chi connectivity index (χ3n) is 4.42. The van der Waals surface area contributed by atoms with E-state index >= 15 is 0 Å². The van der Waals surface area contributed by atoms with Gasteiger partial charge in [-0.05, 0) is 42.3 Å². The molecule has 0 aromatic heterocycles. The van der Waals surface area contributed by atoms with Crippen molar-refractivity contribution >= 4 is 17.6 Å². The molecule has 26 heavy (non-hydrogen) atoms. The van der Waals surface area contributed by atoms with Gasteiger partial charge in [-0.2, -0.15) is 0 Å². The van der Waals surface area contributed by atoms with Crippen molar-refractivity contribution < 1.29 is 19.4 Å². The van der Waals surface area contributed by atoms with E-state index < -0.39 is 5.97 Å². The van der Waals surface area contributed by atoms with Gasteiger partial charge in [-0.25, -0.2) is 0 Å². The lowest BCUT2D eigenvalue weighted by Gasteiger charge is -2.32. The fourth-order valence-electron chi connectivity index (χ4n) is 2.88. The van der Waals surface area contributed by atoms with Crippen molar-refractivity contribution in [2.75, 3.05) is 26.2 Å². The largest absolute Gasteiger partial charge is 0.481 e. The first-order chi connectivity index (χ1) is 12.5. The number of benzene rings is 2. The molecule has 2 aromatic rings. The van der Waals surface area contributed by atoms with Crippen LogP contribution in [0.3, 0.4) is 0 Å². The molecule has 0 aliphatic carbocycles. The average molecular weight is 376 g/mol. The second kappa shape index (κ2) is 8.54. The van der Waals surface area contributed by atoms with Gasteiger partial charge in [0.25, 0.3) is 0 Å². The van der Waals surface area contributed by atoms with Crippen LogP contribution in [0.25, 0.3) is 0 Å². The minimum atomic E-state index is -0.772. The number of carboxylic acid groups (broad SMARTS) is 1. The molecule has 1 N–H and O–H groups in total. The summed E-state index contributed by atoms with van der Waals surface area (Å²) in [6.07, 6.45) is 0.0962. The lowest BCUT2D eigenvalue weighted by molar-refractivity contribution is -0.137. The van der Waals surface area contributed by atoms with Crippen LogP contribution >= 0.6 is 11.6 Å². The highest BCUT2D eigenvalue weighted by Gasteiger charge is 2.22. The van der Waals surface area contributed by atoms with Crippen LogP contribution in [0.15, 0.2) is 42.5 Å². The minimum Gasteiger partial charge on any atom is -0.481 e. The fraction of sp³-hybridized carbons (Fsp3) is 0.350. The van der Waals surface area contributed by atoms with Gasteiger partial charge in [0, 0.05) is 24.7 Å².